The van der Waals surface area contributed by atoms with Gasteiger partial charge in [0, 0.05) is 30.1 Å². The molecule has 6 N–H and O–H groups in total. The molecule has 1 atom stereocenters. The summed E-state index contributed by atoms with van der Waals surface area (Å²) < 4.78 is 4.60. The van der Waals surface area contributed by atoms with Crippen molar-refractivity contribution in [2.45, 2.75) is 31.7 Å². The van der Waals surface area contributed by atoms with Gasteiger partial charge in [-0.1, -0.05) is 24.6 Å². The predicted molar refractivity (Wildman–Crippen MR) is 104 cm³/mol. The van der Waals surface area contributed by atoms with Gasteiger partial charge in [-0.2, -0.15) is 0 Å². The number of hydrogen-bond acceptors (Lipinski definition) is 5. The summed E-state index contributed by atoms with van der Waals surface area (Å²) in [6.07, 6.45) is 3.64. The highest BCUT2D eigenvalue weighted by atomic mass is 16.6. The summed E-state index contributed by atoms with van der Waals surface area (Å²) in [5, 5.41) is 14.8. The van der Waals surface area contributed by atoms with Crippen molar-refractivity contribution in [1.82, 2.24) is 15.6 Å². The number of nitrogens with two attached hydrogens (primary N) is 1. The lowest BCUT2D eigenvalue weighted by atomic mass is 10.0. The number of carbonyl (C=O) groups is 3. The fourth-order valence-corrected chi connectivity index (χ4v) is 2.82. The van der Waals surface area contributed by atoms with Crippen LogP contribution in [0, 0.1) is 0 Å². The van der Waals surface area contributed by atoms with E-state index >= 15 is 0 Å². The molecule has 28 heavy (non-hydrogen) atoms. The maximum absolute atomic E-state index is 12.6. The van der Waals surface area contributed by atoms with Crippen molar-refractivity contribution in [3.63, 3.8) is 0 Å². The number of benzene rings is 1. The van der Waals surface area contributed by atoms with Gasteiger partial charge in [0.25, 0.3) is 0 Å². The summed E-state index contributed by atoms with van der Waals surface area (Å²) >= 11 is 0. The molecule has 1 heterocycles. The SMILES string of the molecule is NCCCCCNC(=O)[C@H](Cc1c[nH]c2ccccc12)NC(=O)OCC(=O)O. The van der Waals surface area contributed by atoms with Gasteiger partial charge in [-0.15, -0.1) is 0 Å². The van der Waals surface area contributed by atoms with Crippen LogP contribution in [0.1, 0.15) is 24.8 Å². The van der Waals surface area contributed by atoms with Crippen molar-refractivity contribution in [1.29, 1.82) is 0 Å². The van der Waals surface area contributed by atoms with Crippen LogP contribution in [-0.2, 0) is 20.7 Å². The van der Waals surface area contributed by atoms with Crippen LogP contribution in [0.4, 0.5) is 4.79 Å². The van der Waals surface area contributed by atoms with Crippen molar-refractivity contribution in [2.24, 2.45) is 5.73 Å². The fourth-order valence-electron chi connectivity index (χ4n) is 2.82. The molecule has 2 rings (SSSR count). The first-order valence-corrected chi connectivity index (χ1v) is 9.19. The Labute approximate surface area is 162 Å². The van der Waals surface area contributed by atoms with Crippen molar-refractivity contribution in [2.75, 3.05) is 19.7 Å². The van der Waals surface area contributed by atoms with E-state index in [1.165, 1.54) is 0 Å². The monoisotopic (exact) mass is 390 g/mol. The van der Waals surface area contributed by atoms with Crippen molar-refractivity contribution in [3.05, 3.63) is 36.0 Å². The van der Waals surface area contributed by atoms with E-state index in [9.17, 15) is 14.4 Å². The van der Waals surface area contributed by atoms with Gasteiger partial charge in [0.05, 0.1) is 0 Å². The zero-order chi connectivity index (χ0) is 20.4. The molecule has 0 radical (unpaired) electrons. The van der Waals surface area contributed by atoms with Crippen LogP contribution in [0.15, 0.2) is 30.5 Å². The average molecular weight is 390 g/mol. The topological polar surface area (TPSA) is 147 Å². The van der Waals surface area contributed by atoms with Crippen molar-refractivity contribution in [3.8, 4) is 0 Å². The molecule has 0 spiro atoms. The largest absolute Gasteiger partial charge is 0.479 e. The number of aromatic nitrogens is 1. The van der Waals surface area contributed by atoms with E-state index in [0.29, 0.717) is 13.1 Å². The molecule has 0 bridgehead atoms. The van der Waals surface area contributed by atoms with Crippen molar-refractivity contribution >= 4 is 28.9 Å². The lowest BCUT2D eigenvalue weighted by Crippen LogP contribution is -2.48. The third kappa shape index (κ3) is 6.58. The predicted octanol–water partition coefficient (Wildman–Crippen LogP) is 1.14. The first kappa shape index (κ1) is 21.2. The second kappa shape index (κ2) is 10.9. The molecule has 1 aromatic carbocycles. The van der Waals surface area contributed by atoms with E-state index in [0.717, 1.165) is 35.7 Å². The molecule has 0 saturated carbocycles. The van der Waals surface area contributed by atoms with Gasteiger partial charge >= 0.3 is 12.1 Å². The molecule has 152 valence electrons. The second-order valence-electron chi connectivity index (χ2n) is 6.37. The molecule has 2 aromatic rings. The number of fused-ring (bicyclic) bond motifs is 1. The quantitative estimate of drug-likeness (QED) is 0.364. The Morgan fingerprint density at radius 2 is 1.96 bits per heavy atom. The normalized spacial score (nSPS) is 11.8. The number of nitrogens with one attached hydrogen (secondary N) is 3. The minimum atomic E-state index is -1.27. The van der Waals surface area contributed by atoms with Crippen LogP contribution in [0.25, 0.3) is 10.9 Å². The molecule has 9 heteroatoms. The summed E-state index contributed by atoms with van der Waals surface area (Å²) in [6, 6.07) is 6.73. The summed E-state index contributed by atoms with van der Waals surface area (Å²) in [6.45, 7) is 0.301. The molecule has 2 amide bonds. The average Bonchev–Trinajstić information content (AvgIpc) is 3.08. The molecule has 0 unspecified atom stereocenters. The number of H-pyrrole nitrogens is 1. The number of amides is 2. The summed E-state index contributed by atoms with van der Waals surface area (Å²) in [4.78, 5) is 38.1. The van der Waals surface area contributed by atoms with Gasteiger partial charge in [-0.05, 0) is 31.0 Å². The van der Waals surface area contributed by atoms with Crippen LogP contribution < -0.4 is 16.4 Å². The Balaban J connectivity index is 2.03. The van der Waals surface area contributed by atoms with Gasteiger partial charge in [0.2, 0.25) is 5.91 Å². The minimum absolute atomic E-state index is 0.237. The second-order valence-corrected chi connectivity index (χ2v) is 6.37. The molecular weight excluding hydrogens is 364 g/mol. The molecular formula is C19H26N4O5. The van der Waals surface area contributed by atoms with Gasteiger partial charge in [-0.25, -0.2) is 9.59 Å². The van der Waals surface area contributed by atoms with Crippen LogP contribution in [-0.4, -0.2) is 53.8 Å². The fraction of sp³-hybridized carbons (Fsp3) is 0.421. The summed E-state index contributed by atoms with van der Waals surface area (Å²) in [5.41, 5.74) is 7.23. The maximum Gasteiger partial charge on any atom is 0.408 e. The third-order valence-electron chi connectivity index (χ3n) is 4.21. The number of aliphatic carboxylic acids is 1. The zero-order valence-electron chi connectivity index (χ0n) is 15.6. The number of alkyl carbamates (subject to hydrolysis) is 1. The third-order valence-corrected chi connectivity index (χ3v) is 4.21. The molecule has 0 aliphatic carbocycles. The number of carbonyl (C=O) groups excluding carboxylic acids is 2. The van der Waals surface area contributed by atoms with Crippen LogP contribution in [0.5, 0.6) is 0 Å². The maximum atomic E-state index is 12.6. The number of rotatable bonds is 11. The molecule has 0 fully saturated rings. The highest BCUT2D eigenvalue weighted by Crippen LogP contribution is 2.19. The Morgan fingerprint density at radius 1 is 1.18 bits per heavy atom. The number of ether oxygens (including phenoxy) is 1. The zero-order valence-corrected chi connectivity index (χ0v) is 15.6. The number of unbranched alkanes of at least 4 members (excludes halogenated alkanes) is 2. The smallest absolute Gasteiger partial charge is 0.408 e. The van der Waals surface area contributed by atoms with E-state index in [2.05, 4.69) is 20.4 Å². The van der Waals surface area contributed by atoms with Crippen molar-refractivity contribution < 1.29 is 24.2 Å². The van der Waals surface area contributed by atoms with Crippen LogP contribution in [0.2, 0.25) is 0 Å². The lowest BCUT2D eigenvalue weighted by molar-refractivity contribution is -0.140. The number of carboxylic acids is 1. The first-order chi connectivity index (χ1) is 13.5. The van der Waals surface area contributed by atoms with Gasteiger partial charge in [0.15, 0.2) is 6.61 Å². The molecule has 0 saturated heterocycles. The Bertz CT molecular complexity index is 804. The molecule has 9 nitrogen and oxygen atoms in total. The van der Waals surface area contributed by atoms with Gasteiger partial charge < -0.3 is 31.2 Å². The number of hydrogen-bond donors (Lipinski definition) is 5. The highest BCUT2D eigenvalue weighted by Gasteiger charge is 2.23. The Kier molecular flexibility index (Phi) is 8.29. The van der Waals surface area contributed by atoms with E-state index in [4.69, 9.17) is 10.8 Å². The van der Waals surface area contributed by atoms with E-state index in [1.54, 1.807) is 6.20 Å². The first-order valence-electron chi connectivity index (χ1n) is 9.19. The number of aromatic amines is 1. The molecule has 0 aliphatic heterocycles. The standard InChI is InChI=1S/C19H26N4O5/c20-8-4-1-5-9-21-18(26)16(23-19(27)28-12-17(24)25)10-13-11-22-15-7-3-2-6-14(13)15/h2-3,6-7,11,16,22H,1,4-5,8-10,12,20H2,(H,21,26)(H,23,27)(H,24,25)/t16-/m0/s1. The van der Waals surface area contributed by atoms with Gasteiger partial charge in [-0.3, -0.25) is 4.79 Å². The Hall–Kier alpha value is -3.07. The number of carboxylic acid groups (broad SMARTS) is 1. The Morgan fingerprint density at radius 3 is 2.71 bits per heavy atom. The van der Waals surface area contributed by atoms with E-state index < -0.39 is 24.7 Å². The minimum Gasteiger partial charge on any atom is -0.479 e. The molecule has 1 aromatic heterocycles. The van der Waals surface area contributed by atoms with Crippen LogP contribution in [0.3, 0.4) is 0 Å². The van der Waals surface area contributed by atoms with E-state index in [1.807, 2.05) is 24.3 Å². The van der Waals surface area contributed by atoms with Gasteiger partial charge in [0.1, 0.15) is 6.04 Å². The lowest BCUT2D eigenvalue weighted by Gasteiger charge is -2.18. The van der Waals surface area contributed by atoms with Crippen LogP contribution >= 0.6 is 0 Å². The highest BCUT2D eigenvalue weighted by molar-refractivity contribution is 5.88. The summed E-state index contributed by atoms with van der Waals surface area (Å²) in [5.74, 6) is -1.63. The number of para-hydroxylation sites is 1. The van der Waals surface area contributed by atoms with E-state index in [-0.39, 0.29) is 12.3 Å². The molecule has 0 aliphatic rings. The summed E-state index contributed by atoms with van der Waals surface area (Å²) in [7, 11) is 0.